The number of aromatic nitrogens is 1. The average Bonchev–Trinajstić information content (AvgIpc) is 2.37. The van der Waals surface area contributed by atoms with Gasteiger partial charge in [-0.1, -0.05) is 20.8 Å². The van der Waals surface area contributed by atoms with Crippen molar-refractivity contribution in [3.05, 3.63) is 29.8 Å². The number of nitrogens with two attached hydrogens (primary N) is 1. The van der Waals surface area contributed by atoms with E-state index in [-0.39, 0.29) is 5.41 Å². The minimum absolute atomic E-state index is 0.265. The van der Waals surface area contributed by atoms with Crippen LogP contribution in [0.4, 0.5) is 5.82 Å². The molecule has 0 aliphatic heterocycles. The van der Waals surface area contributed by atoms with E-state index in [1.165, 1.54) is 0 Å². The number of ether oxygens (including phenoxy) is 1. The molecule has 0 aliphatic carbocycles. The summed E-state index contributed by atoms with van der Waals surface area (Å²) in [7, 11) is 3.77. The maximum absolute atomic E-state index is 6.11. The van der Waals surface area contributed by atoms with Gasteiger partial charge < -0.3 is 15.4 Å². The summed E-state index contributed by atoms with van der Waals surface area (Å²) in [6.07, 6.45) is 0. The zero-order chi connectivity index (χ0) is 15.6. The van der Waals surface area contributed by atoms with Crippen LogP contribution >= 0.6 is 0 Å². The fourth-order valence-corrected chi connectivity index (χ4v) is 2.62. The van der Waals surface area contributed by atoms with Gasteiger partial charge in [-0.25, -0.2) is 4.98 Å². The fourth-order valence-electron chi connectivity index (χ4n) is 2.62. The van der Waals surface area contributed by atoms with Crippen LogP contribution in [-0.2, 0) is 6.54 Å². The second-order valence-corrected chi connectivity index (χ2v) is 6.82. The molecule has 0 atom stereocenters. The Bertz CT molecular complexity index is 632. The van der Waals surface area contributed by atoms with Crippen LogP contribution in [0.5, 0.6) is 5.75 Å². The Kier molecular flexibility index (Phi) is 4.37. The average molecular weight is 287 g/mol. The molecule has 2 aromatic rings. The smallest absolute Gasteiger partial charge is 0.128 e. The standard InChI is InChI=1S/C17H25N3O/c1-17(2,3)11-20(4)10-13-8-12-6-7-14(21-5)9-15(12)19-16(13)18/h6-9H,10-11H2,1-5H3,(H2,18,19). The van der Waals surface area contributed by atoms with Gasteiger partial charge in [0.05, 0.1) is 12.6 Å². The molecule has 0 saturated heterocycles. The Balaban J connectivity index is 2.26. The second-order valence-electron chi connectivity index (χ2n) is 6.82. The highest BCUT2D eigenvalue weighted by atomic mass is 16.5. The molecule has 0 amide bonds. The summed E-state index contributed by atoms with van der Waals surface area (Å²) in [4.78, 5) is 6.79. The number of anilines is 1. The molecule has 0 fully saturated rings. The van der Waals surface area contributed by atoms with E-state index in [0.717, 1.165) is 35.3 Å². The van der Waals surface area contributed by atoms with Crippen molar-refractivity contribution in [1.29, 1.82) is 0 Å². The lowest BCUT2D eigenvalue weighted by molar-refractivity contribution is 0.221. The number of methoxy groups -OCH3 is 1. The first-order valence-corrected chi connectivity index (χ1v) is 7.20. The van der Waals surface area contributed by atoms with Crippen LogP contribution in [0, 0.1) is 5.41 Å². The Hall–Kier alpha value is -1.81. The molecular weight excluding hydrogens is 262 g/mol. The molecule has 0 bridgehead atoms. The van der Waals surface area contributed by atoms with E-state index in [4.69, 9.17) is 10.5 Å². The quantitative estimate of drug-likeness (QED) is 0.937. The summed E-state index contributed by atoms with van der Waals surface area (Å²) in [6.45, 7) is 8.51. The first-order valence-electron chi connectivity index (χ1n) is 7.20. The van der Waals surface area contributed by atoms with Crippen molar-refractivity contribution in [3.8, 4) is 5.75 Å². The van der Waals surface area contributed by atoms with Crippen molar-refractivity contribution < 1.29 is 4.74 Å². The molecule has 1 heterocycles. The molecule has 0 spiro atoms. The molecule has 2 rings (SSSR count). The fraction of sp³-hybridized carbons (Fsp3) is 0.471. The molecule has 21 heavy (non-hydrogen) atoms. The third-order valence-corrected chi connectivity index (χ3v) is 3.32. The first kappa shape index (κ1) is 15.6. The highest BCUT2D eigenvalue weighted by Crippen LogP contribution is 2.24. The highest BCUT2D eigenvalue weighted by Gasteiger charge is 2.15. The lowest BCUT2D eigenvalue weighted by atomic mass is 9.96. The largest absolute Gasteiger partial charge is 0.497 e. The predicted octanol–water partition coefficient (Wildman–Crippen LogP) is 3.30. The SMILES string of the molecule is COc1ccc2cc(CN(C)CC(C)(C)C)c(N)nc2c1. The Morgan fingerprint density at radius 1 is 1.24 bits per heavy atom. The van der Waals surface area contributed by atoms with E-state index in [0.29, 0.717) is 5.82 Å². The van der Waals surface area contributed by atoms with E-state index < -0.39 is 0 Å². The van der Waals surface area contributed by atoms with Crippen molar-refractivity contribution in [1.82, 2.24) is 9.88 Å². The van der Waals surface area contributed by atoms with Gasteiger partial charge in [0.25, 0.3) is 0 Å². The normalized spacial score (nSPS) is 12.1. The number of hydrogen-bond acceptors (Lipinski definition) is 4. The molecule has 1 aromatic heterocycles. The van der Waals surface area contributed by atoms with Gasteiger partial charge in [-0.3, -0.25) is 0 Å². The number of nitrogen functional groups attached to an aromatic ring is 1. The van der Waals surface area contributed by atoms with Crippen LogP contribution in [0.15, 0.2) is 24.3 Å². The second kappa shape index (κ2) is 5.90. The summed E-state index contributed by atoms with van der Waals surface area (Å²) in [6, 6.07) is 8.00. The third-order valence-electron chi connectivity index (χ3n) is 3.32. The molecule has 0 saturated carbocycles. The molecule has 0 unspecified atom stereocenters. The van der Waals surface area contributed by atoms with Crippen molar-refractivity contribution >= 4 is 16.7 Å². The van der Waals surface area contributed by atoms with E-state index in [1.807, 2.05) is 18.2 Å². The molecule has 4 nitrogen and oxygen atoms in total. The maximum atomic E-state index is 6.11. The zero-order valence-electron chi connectivity index (χ0n) is 13.6. The van der Waals surface area contributed by atoms with Gasteiger partial charge in [-0.05, 0) is 30.7 Å². The third kappa shape index (κ3) is 4.08. The van der Waals surface area contributed by atoms with Gasteiger partial charge >= 0.3 is 0 Å². The summed E-state index contributed by atoms with van der Waals surface area (Å²) < 4.78 is 5.22. The van der Waals surface area contributed by atoms with Crippen LogP contribution in [0.2, 0.25) is 0 Å². The number of nitrogens with zero attached hydrogens (tertiary/aromatic N) is 2. The van der Waals surface area contributed by atoms with Gasteiger partial charge in [0.2, 0.25) is 0 Å². The molecule has 0 aliphatic rings. The Labute approximate surface area is 126 Å². The Morgan fingerprint density at radius 3 is 2.57 bits per heavy atom. The summed E-state index contributed by atoms with van der Waals surface area (Å²) >= 11 is 0. The van der Waals surface area contributed by atoms with Crippen LogP contribution < -0.4 is 10.5 Å². The number of hydrogen-bond donors (Lipinski definition) is 1. The molecule has 114 valence electrons. The van der Waals surface area contributed by atoms with Gasteiger partial charge in [-0.15, -0.1) is 0 Å². The van der Waals surface area contributed by atoms with Crippen LogP contribution in [0.1, 0.15) is 26.3 Å². The van der Waals surface area contributed by atoms with E-state index >= 15 is 0 Å². The van der Waals surface area contributed by atoms with Crippen LogP contribution in [-0.4, -0.2) is 30.6 Å². The summed E-state index contributed by atoms with van der Waals surface area (Å²) in [5, 5.41) is 1.09. The van der Waals surface area contributed by atoms with Crippen molar-refractivity contribution in [3.63, 3.8) is 0 Å². The maximum Gasteiger partial charge on any atom is 0.128 e. The van der Waals surface area contributed by atoms with E-state index in [9.17, 15) is 0 Å². The van der Waals surface area contributed by atoms with Crippen LogP contribution in [0.3, 0.4) is 0 Å². The van der Waals surface area contributed by atoms with Crippen molar-refractivity contribution in [2.45, 2.75) is 27.3 Å². The number of pyridine rings is 1. The molecule has 0 radical (unpaired) electrons. The summed E-state index contributed by atoms with van der Waals surface area (Å²) in [5.41, 5.74) is 8.32. The van der Waals surface area contributed by atoms with Gasteiger partial charge in [0.1, 0.15) is 11.6 Å². The van der Waals surface area contributed by atoms with Crippen molar-refractivity contribution in [2.75, 3.05) is 26.4 Å². The summed E-state index contributed by atoms with van der Waals surface area (Å²) in [5.74, 6) is 1.39. The first-order chi connectivity index (χ1) is 9.78. The van der Waals surface area contributed by atoms with Gasteiger partial charge in [0.15, 0.2) is 0 Å². The Morgan fingerprint density at radius 2 is 1.95 bits per heavy atom. The zero-order valence-corrected chi connectivity index (χ0v) is 13.6. The molecule has 2 N–H and O–H groups in total. The molecular formula is C17H25N3O. The number of rotatable bonds is 4. The van der Waals surface area contributed by atoms with Crippen LogP contribution in [0.25, 0.3) is 10.9 Å². The number of fused-ring (bicyclic) bond motifs is 1. The molecule has 1 aromatic carbocycles. The minimum Gasteiger partial charge on any atom is -0.497 e. The van der Waals surface area contributed by atoms with E-state index in [2.05, 4.69) is 43.8 Å². The minimum atomic E-state index is 0.265. The highest BCUT2D eigenvalue weighted by molar-refractivity contribution is 5.82. The number of benzene rings is 1. The van der Waals surface area contributed by atoms with E-state index in [1.54, 1.807) is 7.11 Å². The monoisotopic (exact) mass is 287 g/mol. The predicted molar refractivity (Wildman–Crippen MR) is 88.5 cm³/mol. The topological polar surface area (TPSA) is 51.4 Å². The molecule has 4 heteroatoms. The van der Waals surface area contributed by atoms with Gasteiger partial charge in [-0.2, -0.15) is 0 Å². The van der Waals surface area contributed by atoms with Gasteiger partial charge in [0, 0.05) is 30.1 Å². The lowest BCUT2D eigenvalue weighted by Crippen LogP contribution is -2.29. The van der Waals surface area contributed by atoms with Crippen molar-refractivity contribution in [2.24, 2.45) is 5.41 Å². The lowest BCUT2D eigenvalue weighted by Gasteiger charge is -2.26.